The molecule has 7 nitrogen and oxygen atoms in total. The third-order valence-corrected chi connectivity index (χ3v) is 2.89. The van der Waals surface area contributed by atoms with Crippen molar-refractivity contribution in [2.75, 3.05) is 25.0 Å². The molecule has 0 saturated heterocycles. The summed E-state index contributed by atoms with van der Waals surface area (Å²) in [6.07, 6.45) is 5.60. The van der Waals surface area contributed by atoms with Gasteiger partial charge in [0.2, 0.25) is 0 Å². The average molecular weight is 702 g/mol. The van der Waals surface area contributed by atoms with Crippen LogP contribution in [-0.2, 0) is 32.1 Å². The molecule has 0 aromatic heterocycles. The maximum atomic E-state index is 9.70. The summed E-state index contributed by atoms with van der Waals surface area (Å²) in [7, 11) is -3.28. The second kappa shape index (κ2) is 31.5. The molecule has 0 bridgehead atoms. The summed E-state index contributed by atoms with van der Waals surface area (Å²) >= 11 is -4.54. The second-order valence-electron chi connectivity index (χ2n) is 9.47. The Hall–Kier alpha value is -0.751. The van der Waals surface area contributed by atoms with Crippen molar-refractivity contribution in [2.45, 2.75) is 99.4 Å². The van der Waals surface area contributed by atoms with Gasteiger partial charge in [0.15, 0.2) is 5.70 Å². The van der Waals surface area contributed by atoms with E-state index in [1.807, 2.05) is 20.8 Å². The monoisotopic (exact) mass is 703 g/mol. The van der Waals surface area contributed by atoms with Crippen LogP contribution in [0.3, 0.4) is 0 Å². The number of hydrogen-bond acceptors (Lipinski definition) is 6. The Morgan fingerprint density at radius 3 is 0.811 bits per heavy atom. The van der Waals surface area contributed by atoms with Crippen LogP contribution in [0.5, 0.6) is 0 Å². The van der Waals surface area contributed by atoms with Crippen LogP contribution in [0.4, 0.5) is 0 Å². The van der Waals surface area contributed by atoms with Gasteiger partial charge in [0.25, 0.3) is 0 Å². The molecule has 0 aliphatic carbocycles. The van der Waals surface area contributed by atoms with Gasteiger partial charge >= 0.3 is 61.3 Å². The average Bonchev–Trinajstić information content (AvgIpc) is 2.57. The molecule has 0 N–H and O–H groups in total. The van der Waals surface area contributed by atoms with Crippen LogP contribution in [0.2, 0.25) is 23.3 Å². The van der Waals surface area contributed by atoms with Gasteiger partial charge in [-0.1, -0.05) is 41.7 Å². The maximum absolute atomic E-state index is 9.70. The molecule has 0 aromatic rings. The van der Waals surface area contributed by atoms with Gasteiger partial charge in [-0.25, -0.2) is 13.3 Å². The van der Waals surface area contributed by atoms with Crippen LogP contribution in [0, 0.1) is 6.57 Å². The van der Waals surface area contributed by atoms with Gasteiger partial charge in [0.05, 0.1) is 6.57 Å². The molecule has 37 heavy (non-hydrogen) atoms. The minimum atomic E-state index is -3.25. The van der Waals surface area contributed by atoms with E-state index in [4.69, 9.17) is 6.57 Å². The predicted octanol–water partition coefficient (Wildman–Crippen LogP) is 7.82. The molecule has 0 saturated carbocycles. The second-order valence-corrected chi connectivity index (χ2v) is 21.1. The first kappa shape index (κ1) is 52.6. The van der Waals surface area contributed by atoms with Gasteiger partial charge in [-0.05, 0) is 62.3 Å². The maximum Gasteiger partial charge on any atom is 0.161 e. The van der Waals surface area contributed by atoms with Crippen molar-refractivity contribution in [3.05, 3.63) is 45.0 Å². The molecule has 0 unspecified atom stereocenters. The molecule has 226 valence electrons. The molecule has 11 heteroatoms. The van der Waals surface area contributed by atoms with Crippen molar-refractivity contribution in [1.82, 2.24) is 0 Å². The van der Waals surface area contributed by atoms with Gasteiger partial charge in [-0.2, -0.15) is 0 Å². The van der Waals surface area contributed by atoms with Gasteiger partial charge < -0.3 is 0 Å². The fourth-order valence-electron chi connectivity index (χ4n) is 0.112. The van der Waals surface area contributed by atoms with Crippen LogP contribution in [-0.4, -0.2) is 64.2 Å². The van der Waals surface area contributed by atoms with Crippen molar-refractivity contribution < 1.29 is 24.1 Å². The van der Waals surface area contributed by atoms with Crippen molar-refractivity contribution in [3.63, 3.8) is 0 Å². The Kier molecular flexibility index (Phi) is 44.8. The van der Waals surface area contributed by atoms with Crippen molar-refractivity contribution in [3.8, 4) is 0 Å². The minimum Gasteiger partial charge on any atom is -0.243 e. The Morgan fingerprint density at radius 2 is 0.811 bits per heavy atom. The Bertz CT molecular complexity index is 857. The molecule has 0 aromatic carbocycles. The zero-order chi connectivity index (χ0) is 32.3. The summed E-state index contributed by atoms with van der Waals surface area (Å²) in [6, 6.07) is 0. The Balaban J connectivity index is -0.0000000573. The molecule has 0 fully saturated rings. The van der Waals surface area contributed by atoms with E-state index in [1.54, 1.807) is 24.2 Å². The first-order chi connectivity index (χ1) is 15.9. The normalized spacial score (nSPS) is 8.97. The number of rotatable bonds is 0. The summed E-state index contributed by atoms with van der Waals surface area (Å²) in [4.78, 5) is 3.22. The van der Waals surface area contributed by atoms with E-state index in [0.29, 0.717) is 0 Å². The predicted molar refractivity (Wildman–Crippen MR) is 168 cm³/mol. The molecule has 0 aliphatic heterocycles. The van der Waals surface area contributed by atoms with Crippen LogP contribution < -0.4 is 0 Å². The molecular weight excluding hydrogens is 644 g/mol. The summed E-state index contributed by atoms with van der Waals surface area (Å²) in [5.41, 5.74) is 7.62. The summed E-state index contributed by atoms with van der Waals surface area (Å²) in [5.74, 6) is 5.94. The molecule has 0 aliphatic rings. The number of allylic oxidation sites excluding steroid dienone is 6. The van der Waals surface area contributed by atoms with Crippen LogP contribution >= 0.6 is 0 Å². The smallest absolute Gasteiger partial charge is 0.161 e. The minimum absolute atomic E-state index is 0.611. The molecule has 0 rings (SSSR count). The van der Waals surface area contributed by atoms with E-state index in [2.05, 4.69) is 60.2 Å². The fraction of sp³-hybridized carbons (Fsp3) is 0.731. The molecule has 0 heterocycles. The van der Waals surface area contributed by atoms with Crippen molar-refractivity contribution in [1.29, 1.82) is 0 Å². The van der Waals surface area contributed by atoms with E-state index in [0.717, 1.165) is 23.8 Å². The van der Waals surface area contributed by atoms with E-state index in [9.17, 15) is 24.1 Å². The molecular formula is C26H57NO6S2Se2. The zero-order valence-corrected chi connectivity index (χ0v) is 32.1. The molecule has 0 spiro atoms. The Labute approximate surface area is 239 Å². The third kappa shape index (κ3) is 222. The molecule has 0 radical (unpaired) electrons. The van der Waals surface area contributed by atoms with Gasteiger partial charge in [0, 0.05) is 35.8 Å². The summed E-state index contributed by atoms with van der Waals surface area (Å²) < 4.78 is 57.9. The SMILES string of the molecule is CC(C)=C(C)C.CC(C)=C(C)C.CS(C)(=O)=O.CS(C)=O.C[Se](C)(=O)=O.C[Se](C)=O.[C-]#[N+]C(C)=C(C)C. The van der Waals surface area contributed by atoms with Crippen LogP contribution in [0.15, 0.2) is 33.6 Å². The van der Waals surface area contributed by atoms with Gasteiger partial charge in [-0.3, -0.25) is 4.21 Å². The van der Waals surface area contributed by atoms with Crippen LogP contribution in [0.25, 0.3) is 4.85 Å². The topological polar surface area (TPSA) is 107 Å². The van der Waals surface area contributed by atoms with E-state index < -0.39 is 47.2 Å². The first-order valence-corrected chi connectivity index (χ1v) is 24.2. The number of sulfone groups is 1. The van der Waals surface area contributed by atoms with Crippen molar-refractivity contribution in [2.24, 2.45) is 0 Å². The van der Waals surface area contributed by atoms with Gasteiger partial charge in [0.1, 0.15) is 9.84 Å². The number of hydrogen-bond donors (Lipinski definition) is 0. The van der Waals surface area contributed by atoms with E-state index >= 15 is 0 Å². The fourth-order valence-corrected chi connectivity index (χ4v) is 0.112. The molecule has 0 atom stereocenters. The summed E-state index contributed by atoms with van der Waals surface area (Å²) in [6.45, 7) is 29.2. The van der Waals surface area contributed by atoms with E-state index in [-0.39, 0.29) is 0 Å². The quantitative estimate of drug-likeness (QED) is 0.145. The van der Waals surface area contributed by atoms with E-state index in [1.165, 1.54) is 33.9 Å². The zero-order valence-electron chi connectivity index (χ0n) is 27.0. The summed E-state index contributed by atoms with van der Waals surface area (Å²) in [5, 5.41) is 0. The van der Waals surface area contributed by atoms with Gasteiger partial charge in [-0.15, -0.1) is 0 Å². The molecule has 0 amide bonds. The first-order valence-electron chi connectivity index (χ1n) is 11.0. The van der Waals surface area contributed by atoms with Crippen LogP contribution in [0.1, 0.15) is 76.2 Å². The largest absolute Gasteiger partial charge is 0.243 e. The Morgan fingerprint density at radius 1 is 0.703 bits per heavy atom. The van der Waals surface area contributed by atoms with Crippen molar-refractivity contribution >= 4 is 47.2 Å². The number of nitrogens with zero attached hydrogens (tertiary/aromatic N) is 1. The standard InChI is InChI=1S/C6H9N.2C6H12.C2H6O2S.C2H6O2Se.C2H6OS.C2H6OSe/c1-5(2)6(3)7-4;2*1-5(2)6(3)4;2*1-5(2,3)4;2*1-4(2)3/h1-3H3;2*1-4H3;2*1-2H3;2*1-2H3. The third-order valence-electron chi connectivity index (χ3n) is 2.89.